The van der Waals surface area contributed by atoms with E-state index in [1.54, 1.807) is 12.1 Å². The summed E-state index contributed by atoms with van der Waals surface area (Å²) in [4.78, 5) is 2.37. The molecule has 2 heterocycles. The van der Waals surface area contributed by atoms with Gasteiger partial charge in [-0.15, -0.1) is 0 Å². The minimum atomic E-state index is -0.220. The van der Waals surface area contributed by atoms with Crippen LogP contribution < -0.4 is 0 Å². The Balaban J connectivity index is 1.64. The Hall–Kier alpha value is -1.72. The topological polar surface area (TPSA) is 41.3 Å². The van der Waals surface area contributed by atoms with Crippen molar-refractivity contribution >= 4 is 0 Å². The lowest BCUT2D eigenvalue weighted by Crippen LogP contribution is -2.41. The number of hydrogen-bond acceptors (Lipinski definition) is 3. The van der Waals surface area contributed by atoms with Crippen molar-refractivity contribution in [2.45, 2.75) is 51.1 Å². The number of aliphatic hydroxyl groups is 1. The van der Waals surface area contributed by atoms with Gasteiger partial charge in [0, 0.05) is 18.3 Å². The Labute approximate surface area is 141 Å². The monoisotopic (exact) mass is 329 g/mol. The Morgan fingerprint density at radius 2 is 1.96 bits per heavy atom. The first-order chi connectivity index (χ1) is 11.8. The number of hydrogen-bond donors (Lipinski definition) is 1. The second-order valence-electron chi connectivity index (χ2n) is 6.92. The van der Waals surface area contributed by atoms with Crippen LogP contribution >= 0.6 is 0 Å². The molecule has 0 radical (unpaired) electrons. The first-order valence-electron chi connectivity index (χ1n) is 8.97. The fraction of sp³-hybridized carbons (Fsp3) is 0.526. The number of rotatable bonds is 4. The third-order valence-electron chi connectivity index (χ3n) is 5.40. The molecule has 1 aliphatic carbocycles. The maximum absolute atomic E-state index is 13.2. The zero-order chi connectivity index (χ0) is 16.5. The second-order valence-corrected chi connectivity index (χ2v) is 6.92. The van der Waals surface area contributed by atoms with Gasteiger partial charge in [0.1, 0.15) is 5.82 Å². The average Bonchev–Trinajstić information content (AvgIpc) is 3.20. The number of benzene rings is 1. The van der Waals surface area contributed by atoms with Crippen LogP contribution in [-0.4, -0.2) is 39.0 Å². The summed E-state index contributed by atoms with van der Waals surface area (Å²) < 4.78 is 15.2. The van der Waals surface area contributed by atoms with Crippen molar-refractivity contribution < 1.29 is 9.50 Å². The lowest BCUT2D eigenvalue weighted by molar-refractivity contribution is 0.0828. The molecule has 1 fully saturated rings. The summed E-state index contributed by atoms with van der Waals surface area (Å²) in [5.74, 6) is -0.220. The van der Waals surface area contributed by atoms with E-state index < -0.39 is 0 Å². The van der Waals surface area contributed by atoms with Crippen molar-refractivity contribution in [2.24, 2.45) is 0 Å². The van der Waals surface area contributed by atoms with Crippen molar-refractivity contribution in [2.75, 3.05) is 13.2 Å². The summed E-state index contributed by atoms with van der Waals surface area (Å²) >= 11 is 0. The second kappa shape index (κ2) is 6.65. The largest absolute Gasteiger partial charge is 0.395 e. The first kappa shape index (κ1) is 15.8. The molecule has 1 aliphatic heterocycles. The van der Waals surface area contributed by atoms with E-state index in [0.717, 1.165) is 50.2 Å². The first-order valence-corrected chi connectivity index (χ1v) is 8.97. The van der Waals surface area contributed by atoms with Crippen LogP contribution in [0.2, 0.25) is 0 Å². The zero-order valence-corrected chi connectivity index (χ0v) is 13.9. The molecule has 24 heavy (non-hydrogen) atoms. The highest BCUT2D eigenvalue weighted by molar-refractivity contribution is 5.40. The van der Waals surface area contributed by atoms with Crippen LogP contribution in [0, 0.1) is 5.82 Å². The maximum Gasteiger partial charge on any atom is 0.123 e. The smallest absolute Gasteiger partial charge is 0.123 e. The summed E-state index contributed by atoms with van der Waals surface area (Å²) in [7, 11) is 0. The highest BCUT2D eigenvalue weighted by Gasteiger charge is 2.27. The molecular weight excluding hydrogens is 305 g/mol. The Morgan fingerprint density at radius 3 is 2.75 bits per heavy atom. The van der Waals surface area contributed by atoms with E-state index in [0.29, 0.717) is 0 Å². The summed E-state index contributed by atoms with van der Waals surface area (Å²) in [6.45, 7) is 2.06. The molecular formula is C19H24FN3O. The number of aliphatic hydroxyl groups excluding tert-OH is 1. The van der Waals surface area contributed by atoms with E-state index in [4.69, 9.17) is 5.10 Å². The van der Waals surface area contributed by atoms with Gasteiger partial charge in [-0.3, -0.25) is 4.90 Å². The highest BCUT2D eigenvalue weighted by atomic mass is 19.1. The summed E-state index contributed by atoms with van der Waals surface area (Å²) in [5.41, 5.74) is 4.70. The van der Waals surface area contributed by atoms with Crippen molar-refractivity contribution in [1.29, 1.82) is 0 Å². The quantitative estimate of drug-likeness (QED) is 0.938. The number of halogens is 1. The van der Waals surface area contributed by atoms with Gasteiger partial charge in [-0.1, -0.05) is 6.42 Å². The summed E-state index contributed by atoms with van der Waals surface area (Å²) in [6.07, 6.45) is 6.72. The normalized spacial score (nSPS) is 21.2. The Kier molecular flexibility index (Phi) is 4.37. The van der Waals surface area contributed by atoms with Gasteiger partial charge < -0.3 is 5.11 Å². The van der Waals surface area contributed by atoms with Gasteiger partial charge in [0.05, 0.1) is 18.0 Å². The molecule has 2 aliphatic rings. The van der Waals surface area contributed by atoms with Crippen LogP contribution in [0.3, 0.4) is 0 Å². The van der Waals surface area contributed by atoms with E-state index in [1.165, 1.54) is 36.2 Å². The van der Waals surface area contributed by atoms with Gasteiger partial charge in [0.2, 0.25) is 0 Å². The third-order valence-corrected chi connectivity index (χ3v) is 5.40. The number of likely N-dealkylation sites (tertiary alicyclic amines) is 1. The molecule has 0 unspecified atom stereocenters. The van der Waals surface area contributed by atoms with Crippen molar-refractivity contribution in [1.82, 2.24) is 14.7 Å². The number of piperidine rings is 1. The average molecular weight is 329 g/mol. The van der Waals surface area contributed by atoms with Gasteiger partial charge in [-0.05, 0) is 68.5 Å². The predicted octanol–water partition coefficient (Wildman–Crippen LogP) is 2.85. The lowest BCUT2D eigenvalue weighted by atomic mass is 10.0. The predicted molar refractivity (Wildman–Crippen MR) is 90.7 cm³/mol. The van der Waals surface area contributed by atoms with Crippen LogP contribution in [-0.2, 0) is 19.4 Å². The molecule has 5 heteroatoms. The molecule has 128 valence electrons. The summed E-state index contributed by atoms with van der Waals surface area (Å²) in [5, 5.41) is 14.5. The van der Waals surface area contributed by atoms with Crippen LogP contribution in [0.1, 0.15) is 42.6 Å². The van der Waals surface area contributed by atoms with Crippen LogP contribution in [0.25, 0.3) is 5.69 Å². The molecule has 1 aromatic carbocycles. The van der Waals surface area contributed by atoms with E-state index in [2.05, 4.69) is 4.90 Å². The highest BCUT2D eigenvalue weighted by Crippen LogP contribution is 2.30. The molecule has 0 amide bonds. The van der Waals surface area contributed by atoms with Gasteiger partial charge in [-0.25, -0.2) is 9.07 Å². The van der Waals surface area contributed by atoms with Gasteiger partial charge >= 0.3 is 0 Å². The molecule has 1 N–H and O–H groups in total. The fourth-order valence-electron chi connectivity index (χ4n) is 4.10. The molecule has 4 nitrogen and oxygen atoms in total. The minimum absolute atomic E-state index is 0.220. The van der Waals surface area contributed by atoms with Gasteiger partial charge in [0.25, 0.3) is 0 Å². The Bertz CT molecular complexity index is 710. The fourth-order valence-corrected chi connectivity index (χ4v) is 4.10. The zero-order valence-electron chi connectivity index (χ0n) is 13.9. The van der Waals surface area contributed by atoms with E-state index in [1.807, 2.05) is 4.68 Å². The van der Waals surface area contributed by atoms with Crippen LogP contribution in [0.4, 0.5) is 4.39 Å². The van der Waals surface area contributed by atoms with Crippen molar-refractivity contribution in [3.8, 4) is 5.69 Å². The van der Waals surface area contributed by atoms with Crippen LogP contribution in [0.15, 0.2) is 24.3 Å². The molecule has 1 aromatic heterocycles. The molecule has 4 rings (SSSR count). The van der Waals surface area contributed by atoms with Crippen LogP contribution in [0.5, 0.6) is 0 Å². The maximum atomic E-state index is 13.2. The van der Waals surface area contributed by atoms with Crippen molar-refractivity contribution in [3.05, 3.63) is 47.0 Å². The van der Waals surface area contributed by atoms with E-state index in [9.17, 15) is 9.50 Å². The standard InChI is InChI=1S/C19H24FN3O/c20-14-7-9-15(10-8-14)23-19-6-3-5-17(19)18(21-23)12-22-11-2-1-4-16(22)13-24/h7-10,16,24H,1-6,11-13H2/t16-/m1/s1. The third kappa shape index (κ3) is 2.87. The molecule has 1 saturated heterocycles. The molecule has 2 aromatic rings. The molecule has 0 spiro atoms. The van der Waals surface area contributed by atoms with Crippen molar-refractivity contribution in [3.63, 3.8) is 0 Å². The molecule has 0 bridgehead atoms. The van der Waals surface area contributed by atoms with Gasteiger partial charge in [-0.2, -0.15) is 5.10 Å². The Morgan fingerprint density at radius 1 is 1.12 bits per heavy atom. The molecule has 1 atom stereocenters. The number of aromatic nitrogens is 2. The van der Waals surface area contributed by atoms with E-state index >= 15 is 0 Å². The van der Waals surface area contributed by atoms with E-state index in [-0.39, 0.29) is 18.5 Å². The minimum Gasteiger partial charge on any atom is -0.395 e. The lowest BCUT2D eigenvalue weighted by Gasteiger charge is -2.34. The number of nitrogens with zero attached hydrogens (tertiary/aromatic N) is 3. The van der Waals surface area contributed by atoms with Gasteiger partial charge in [0.15, 0.2) is 0 Å². The summed E-state index contributed by atoms with van der Waals surface area (Å²) in [6, 6.07) is 6.82. The SMILES string of the molecule is OC[C@H]1CCCCN1Cc1nn(-c2ccc(F)cc2)c2c1CCC2. The number of fused-ring (bicyclic) bond motifs is 1. The molecule has 0 saturated carbocycles.